The molecule has 0 bridgehead atoms. The summed E-state index contributed by atoms with van der Waals surface area (Å²) < 4.78 is 17.5. The minimum absolute atomic E-state index is 0. The summed E-state index contributed by atoms with van der Waals surface area (Å²) in [6, 6.07) is 12.9. The maximum Gasteiger partial charge on any atom is 0.202 e. The molecule has 6 rings (SSSR count). The van der Waals surface area contributed by atoms with Crippen LogP contribution in [0.4, 0.5) is 0 Å². The number of fused-ring (bicyclic) bond motifs is 3. The summed E-state index contributed by atoms with van der Waals surface area (Å²) in [5.41, 5.74) is 7.22. The van der Waals surface area contributed by atoms with Crippen LogP contribution in [-0.2, 0) is 15.9 Å². The van der Waals surface area contributed by atoms with Gasteiger partial charge in [-0.1, -0.05) is 54.7 Å². The van der Waals surface area contributed by atoms with E-state index in [0.717, 1.165) is 0 Å². The van der Waals surface area contributed by atoms with Crippen molar-refractivity contribution in [3.63, 3.8) is 0 Å². The summed E-state index contributed by atoms with van der Waals surface area (Å²) in [6.07, 6.45) is -4.22. The highest BCUT2D eigenvalue weighted by Gasteiger charge is 2.49. The van der Waals surface area contributed by atoms with Gasteiger partial charge in [0.1, 0.15) is 27.8 Å². The van der Waals surface area contributed by atoms with Crippen LogP contribution in [0.15, 0.2) is 53.6 Å². The van der Waals surface area contributed by atoms with E-state index in [1.54, 1.807) is 32.0 Å². The fourth-order valence-electron chi connectivity index (χ4n) is 6.56. The second kappa shape index (κ2) is 13.5. The SMILES string of the molecule is COc1cccc2c1C(=O)c1c(O)c3c(c(O)c1C2=O)CC(O)(/C(C)=N/NC(=S)c1ccccc1)CC3OC1CC(N)C(O)C(C)O1.Cl. The minimum atomic E-state index is -1.79. The van der Waals surface area contributed by atoms with Gasteiger partial charge in [0, 0.05) is 47.6 Å². The summed E-state index contributed by atoms with van der Waals surface area (Å²) in [5, 5.41) is 50.3. The van der Waals surface area contributed by atoms with Crippen LogP contribution in [0.1, 0.15) is 81.3 Å². The summed E-state index contributed by atoms with van der Waals surface area (Å²) in [4.78, 5) is 28.0. The lowest BCUT2D eigenvalue weighted by atomic mass is 9.72. The lowest BCUT2D eigenvalue weighted by Crippen LogP contribution is -2.52. The molecule has 3 aromatic carbocycles. The van der Waals surface area contributed by atoms with Gasteiger partial charge in [0.25, 0.3) is 0 Å². The number of nitrogens with one attached hydrogen (secondary N) is 1. The van der Waals surface area contributed by atoms with Crippen LogP contribution < -0.4 is 15.9 Å². The third kappa shape index (κ3) is 5.96. The predicted molar refractivity (Wildman–Crippen MR) is 181 cm³/mol. The number of carbonyl (C=O) groups excluding carboxylic acids is 2. The van der Waals surface area contributed by atoms with Crippen molar-refractivity contribution in [1.82, 2.24) is 5.43 Å². The number of hydrazone groups is 1. The highest BCUT2D eigenvalue weighted by atomic mass is 35.5. The molecule has 254 valence electrons. The van der Waals surface area contributed by atoms with Gasteiger partial charge in [0.15, 0.2) is 12.1 Å². The molecule has 0 aromatic heterocycles. The summed E-state index contributed by atoms with van der Waals surface area (Å²) in [7, 11) is 1.36. The molecule has 0 amide bonds. The second-order valence-corrected chi connectivity index (χ2v) is 12.5. The summed E-state index contributed by atoms with van der Waals surface area (Å²) >= 11 is 5.46. The van der Waals surface area contributed by atoms with Crippen molar-refractivity contribution in [2.24, 2.45) is 10.8 Å². The van der Waals surface area contributed by atoms with Gasteiger partial charge in [-0.25, -0.2) is 0 Å². The maximum absolute atomic E-state index is 13.9. The lowest BCUT2D eigenvalue weighted by molar-refractivity contribution is -0.245. The Hall–Kier alpha value is -3.95. The largest absolute Gasteiger partial charge is 0.507 e. The van der Waals surface area contributed by atoms with Crippen molar-refractivity contribution < 1.29 is 44.2 Å². The molecule has 14 heteroatoms. The zero-order valence-corrected chi connectivity index (χ0v) is 27.9. The number of nitrogens with two attached hydrogens (primary N) is 1. The van der Waals surface area contributed by atoms with Crippen LogP contribution >= 0.6 is 24.6 Å². The molecule has 1 heterocycles. The van der Waals surface area contributed by atoms with Crippen LogP contribution in [0.2, 0.25) is 0 Å². The number of ether oxygens (including phenoxy) is 3. The first kappa shape index (κ1) is 35.4. The van der Waals surface area contributed by atoms with E-state index in [-0.39, 0.29) is 70.9 Å². The molecule has 2 aliphatic carbocycles. The predicted octanol–water partition coefficient (Wildman–Crippen LogP) is 3.20. The van der Waals surface area contributed by atoms with Crippen LogP contribution in [-0.4, -0.2) is 79.9 Å². The fraction of sp³-hybridized carbons (Fsp3) is 0.353. The molecule has 1 aliphatic heterocycles. The molecule has 0 spiro atoms. The van der Waals surface area contributed by atoms with Gasteiger partial charge in [0.2, 0.25) is 5.78 Å². The smallest absolute Gasteiger partial charge is 0.202 e. The van der Waals surface area contributed by atoms with Crippen molar-refractivity contribution >= 4 is 46.9 Å². The quantitative estimate of drug-likeness (QED) is 0.0747. The number of aliphatic hydroxyl groups is 2. The number of hydrogen-bond donors (Lipinski definition) is 6. The first-order chi connectivity index (χ1) is 22.4. The van der Waals surface area contributed by atoms with E-state index >= 15 is 0 Å². The number of methoxy groups -OCH3 is 1. The molecule has 0 radical (unpaired) electrons. The number of aliphatic hydroxyl groups excluding tert-OH is 1. The van der Waals surface area contributed by atoms with Crippen LogP contribution in [0, 0.1) is 0 Å². The van der Waals surface area contributed by atoms with Gasteiger partial charge in [0.05, 0.1) is 47.8 Å². The van der Waals surface area contributed by atoms with E-state index in [1.807, 2.05) is 18.2 Å². The van der Waals surface area contributed by atoms with Gasteiger partial charge >= 0.3 is 0 Å². The molecular formula is C34H36ClN3O9S. The number of ketones is 2. The van der Waals surface area contributed by atoms with Crippen molar-refractivity contribution in [3.05, 3.63) is 87.5 Å². The number of nitrogens with zero attached hydrogens (tertiary/aromatic N) is 1. The third-order valence-corrected chi connectivity index (χ3v) is 9.50. The van der Waals surface area contributed by atoms with Crippen molar-refractivity contribution in [2.75, 3.05) is 7.11 Å². The Labute approximate surface area is 287 Å². The number of thiocarbonyl (C=S) groups is 1. The van der Waals surface area contributed by atoms with E-state index in [2.05, 4.69) is 10.5 Å². The highest BCUT2D eigenvalue weighted by molar-refractivity contribution is 7.80. The number of rotatable bonds is 6. The monoisotopic (exact) mass is 697 g/mol. The van der Waals surface area contributed by atoms with Crippen molar-refractivity contribution in [1.29, 1.82) is 0 Å². The van der Waals surface area contributed by atoms with E-state index in [1.165, 1.54) is 19.2 Å². The van der Waals surface area contributed by atoms with Gasteiger partial charge in [-0.15, -0.1) is 12.4 Å². The third-order valence-electron chi connectivity index (χ3n) is 9.18. The van der Waals surface area contributed by atoms with Gasteiger partial charge in [-0.05, 0) is 19.9 Å². The molecule has 3 aromatic rings. The van der Waals surface area contributed by atoms with Crippen LogP contribution in [0.25, 0.3) is 0 Å². The topological polar surface area (TPSA) is 193 Å². The fourth-order valence-corrected chi connectivity index (χ4v) is 6.74. The van der Waals surface area contributed by atoms with Crippen LogP contribution in [0.5, 0.6) is 17.2 Å². The molecule has 6 unspecified atom stereocenters. The molecule has 1 saturated heterocycles. The lowest BCUT2D eigenvalue weighted by Gasteiger charge is -2.42. The Morgan fingerprint density at radius 3 is 2.42 bits per heavy atom. The molecule has 12 nitrogen and oxygen atoms in total. The Kier molecular flexibility index (Phi) is 9.96. The summed E-state index contributed by atoms with van der Waals surface area (Å²) in [6.45, 7) is 3.21. The van der Waals surface area contributed by atoms with E-state index < -0.39 is 64.9 Å². The normalized spacial score (nSPS) is 26.5. The number of halogens is 1. The number of hydrogen-bond acceptors (Lipinski definition) is 12. The van der Waals surface area contributed by atoms with Gasteiger partial charge in [-0.3, -0.25) is 15.0 Å². The van der Waals surface area contributed by atoms with Crippen molar-refractivity contribution in [3.8, 4) is 17.2 Å². The number of benzene rings is 3. The van der Waals surface area contributed by atoms with Crippen LogP contribution in [0.3, 0.4) is 0 Å². The van der Waals surface area contributed by atoms with E-state index in [0.29, 0.717) is 10.6 Å². The van der Waals surface area contributed by atoms with Crippen molar-refractivity contribution in [2.45, 2.75) is 69.4 Å². The molecule has 6 atom stereocenters. The zero-order chi connectivity index (χ0) is 33.8. The summed E-state index contributed by atoms with van der Waals surface area (Å²) in [5.74, 6) is -2.42. The van der Waals surface area contributed by atoms with Gasteiger partial charge < -0.3 is 40.4 Å². The molecule has 3 aliphatic rings. The average molecular weight is 698 g/mol. The molecule has 48 heavy (non-hydrogen) atoms. The minimum Gasteiger partial charge on any atom is -0.507 e. The standard InChI is InChI=1S/C34H35N3O9S.ClH/c1-15-28(38)20(35)12-23(45-15)46-22-14-34(43,16(2)36-37-33(47)17-8-5-4-6-9-17)13-19-25(22)32(42)27-26(30(19)40)29(39)18-10-7-11-21(44-3)24(18)31(27)41;/h4-11,15,20,22-23,28,38,40,42-43H,12-14,35H2,1-3H3,(H,37,47);1H/b36-16+;. The number of carbonyl (C=O) groups is 2. The van der Waals surface area contributed by atoms with E-state index in [4.69, 9.17) is 32.2 Å². The Morgan fingerprint density at radius 1 is 1.06 bits per heavy atom. The second-order valence-electron chi connectivity index (χ2n) is 12.1. The molecule has 1 fully saturated rings. The Balaban J connectivity index is 0.00000451. The first-order valence-electron chi connectivity index (χ1n) is 15.1. The molecular weight excluding hydrogens is 662 g/mol. The molecule has 7 N–H and O–H groups in total. The van der Waals surface area contributed by atoms with Gasteiger partial charge in [-0.2, -0.15) is 5.10 Å². The average Bonchev–Trinajstić information content (AvgIpc) is 3.06. The number of phenols is 2. The zero-order valence-electron chi connectivity index (χ0n) is 26.3. The first-order valence-corrected chi connectivity index (χ1v) is 15.5. The maximum atomic E-state index is 13.9. The Morgan fingerprint density at radius 2 is 1.75 bits per heavy atom. The number of phenolic OH excluding ortho intramolecular Hbond substituents is 2. The Bertz CT molecular complexity index is 1810. The highest BCUT2D eigenvalue weighted by Crippen LogP contribution is 2.52. The molecule has 0 saturated carbocycles. The van der Waals surface area contributed by atoms with E-state index in [9.17, 15) is 30.0 Å². The number of aromatic hydroxyl groups is 2.